The van der Waals surface area contributed by atoms with Crippen LogP contribution in [0.4, 0.5) is 0 Å². The Bertz CT molecular complexity index is 851. The van der Waals surface area contributed by atoms with Gasteiger partial charge in [-0.05, 0) is 42.8 Å². The molecule has 0 saturated carbocycles. The highest BCUT2D eigenvalue weighted by Gasteiger charge is 2.17. The van der Waals surface area contributed by atoms with Crippen LogP contribution >= 0.6 is 11.6 Å². The molecule has 2 aromatic rings. The van der Waals surface area contributed by atoms with Crippen molar-refractivity contribution in [2.45, 2.75) is 11.8 Å². The van der Waals surface area contributed by atoms with Crippen LogP contribution in [-0.2, 0) is 14.8 Å². The molecule has 2 N–H and O–H groups in total. The molecule has 0 saturated heterocycles. The first-order valence-electron chi connectivity index (χ1n) is 6.96. The van der Waals surface area contributed by atoms with Crippen molar-refractivity contribution in [3.63, 3.8) is 0 Å². The number of hydrogen-bond donors (Lipinski definition) is 1. The Morgan fingerprint density at radius 2 is 1.92 bits per heavy atom. The second-order valence-corrected chi connectivity index (χ2v) is 6.96. The highest BCUT2D eigenvalue weighted by molar-refractivity contribution is 7.89. The number of aryl methyl sites for hydroxylation is 1. The highest BCUT2D eigenvalue weighted by atomic mass is 35.5. The molecule has 8 heteroatoms. The van der Waals surface area contributed by atoms with Crippen LogP contribution in [0.5, 0.6) is 5.75 Å². The molecule has 0 atom stereocenters. The third-order valence-electron chi connectivity index (χ3n) is 3.06. The molecule has 0 fully saturated rings. The van der Waals surface area contributed by atoms with Crippen molar-refractivity contribution in [1.82, 2.24) is 0 Å². The van der Waals surface area contributed by atoms with Crippen LogP contribution in [0.15, 0.2) is 47.4 Å². The monoisotopic (exact) mass is 369 g/mol. The van der Waals surface area contributed by atoms with E-state index < -0.39 is 16.0 Å². The number of primary sulfonamides is 1. The lowest BCUT2D eigenvalue weighted by molar-refractivity contribution is 0.0450. The van der Waals surface area contributed by atoms with Crippen LogP contribution in [0.3, 0.4) is 0 Å². The van der Waals surface area contributed by atoms with Gasteiger partial charge in [-0.2, -0.15) is 0 Å². The molecule has 0 aliphatic rings. The molecule has 0 aliphatic carbocycles. The van der Waals surface area contributed by atoms with Gasteiger partial charge in [0.1, 0.15) is 19.0 Å². The van der Waals surface area contributed by atoms with Crippen molar-refractivity contribution in [3.05, 3.63) is 58.6 Å². The van der Waals surface area contributed by atoms with E-state index in [2.05, 4.69) is 0 Å². The minimum Gasteiger partial charge on any atom is -0.490 e. The molecule has 0 bridgehead atoms. The number of ether oxygens (including phenoxy) is 2. The maximum atomic E-state index is 12.0. The lowest BCUT2D eigenvalue weighted by Gasteiger charge is -2.09. The fourth-order valence-electron chi connectivity index (χ4n) is 1.91. The Kier molecular flexibility index (Phi) is 5.82. The largest absolute Gasteiger partial charge is 0.490 e. The minimum absolute atomic E-state index is 0.0112. The number of benzene rings is 2. The van der Waals surface area contributed by atoms with Gasteiger partial charge in [0.25, 0.3) is 0 Å². The summed E-state index contributed by atoms with van der Waals surface area (Å²) in [6, 6.07) is 11.0. The summed E-state index contributed by atoms with van der Waals surface area (Å²) in [6.45, 7) is 2.08. The van der Waals surface area contributed by atoms with Crippen LogP contribution in [0.1, 0.15) is 15.9 Å². The summed E-state index contributed by atoms with van der Waals surface area (Å²) in [6.07, 6.45) is 0. The van der Waals surface area contributed by atoms with Crippen molar-refractivity contribution >= 4 is 27.6 Å². The summed E-state index contributed by atoms with van der Waals surface area (Å²) in [5.41, 5.74) is 0.981. The van der Waals surface area contributed by atoms with E-state index >= 15 is 0 Å². The molecular weight excluding hydrogens is 354 g/mol. The number of carbonyl (C=O) groups excluding carboxylic acids is 1. The average Bonchev–Trinajstić information content (AvgIpc) is 2.50. The van der Waals surface area contributed by atoms with Gasteiger partial charge in [0.15, 0.2) is 0 Å². The summed E-state index contributed by atoms with van der Waals surface area (Å²) in [7, 11) is -3.93. The first-order chi connectivity index (χ1) is 11.3. The van der Waals surface area contributed by atoms with Gasteiger partial charge >= 0.3 is 5.97 Å². The maximum Gasteiger partial charge on any atom is 0.339 e. The van der Waals surface area contributed by atoms with Gasteiger partial charge in [0.05, 0.1) is 15.5 Å². The van der Waals surface area contributed by atoms with Crippen LogP contribution in [0, 0.1) is 6.92 Å². The molecule has 0 aliphatic heterocycles. The van der Waals surface area contributed by atoms with Gasteiger partial charge in [0.2, 0.25) is 10.0 Å². The van der Waals surface area contributed by atoms with Crippen LogP contribution in [0.2, 0.25) is 5.02 Å². The number of rotatable bonds is 6. The van der Waals surface area contributed by atoms with Gasteiger partial charge in [-0.15, -0.1) is 0 Å². The summed E-state index contributed by atoms with van der Waals surface area (Å²) in [4.78, 5) is 11.8. The minimum atomic E-state index is -3.93. The van der Waals surface area contributed by atoms with Crippen LogP contribution in [0.25, 0.3) is 0 Å². The van der Waals surface area contributed by atoms with Crippen molar-refractivity contribution in [3.8, 4) is 5.75 Å². The van der Waals surface area contributed by atoms with E-state index in [1.165, 1.54) is 12.1 Å². The zero-order valence-corrected chi connectivity index (χ0v) is 14.4. The zero-order chi connectivity index (χ0) is 17.7. The number of hydrogen-bond acceptors (Lipinski definition) is 5. The van der Waals surface area contributed by atoms with Gasteiger partial charge in [-0.1, -0.05) is 23.7 Å². The second-order valence-electron chi connectivity index (χ2n) is 4.99. The lowest BCUT2D eigenvalue weighted by atomic mass is 10.2. The first-order valence-corrected chi connectivity index (χ1v) is 8.89. The Hall–Kier alpha value is -2.09. The third kappa shape index (κ3) is 4.95. The van der Waals surface area contributed by atoms with Crippen molar-refractivity contribution < 1.29 is 22.7 Å². The molecule has 0 aromatic heterocycles. The third-order valence-corrected chi connectivity index (χ3v) is 4.30. The smallest absolute Gasteiger partial charge is 0.339 e. The summed E-state index contributed by atoms with van der Waals surface area (Å²) in [5.74, 6) is -0.0846. The van der Waals surface area contributed by atoms with E-state index in [1.54, 1.807) is 6.07 Å². The molecule has 2 rings (SSSR count). The first kappa shape index (κ1) is 18.3. The van der Waals surface area contributed by atoms with Gasteiger partial charge < -0.3 is 9.47 Å². The Morgan fingerprint density at radius 1 is 1.17 bits per heavy atom. The molecule has 0 heterocycles. The normalized spacial score (nSPS) is 11.1. The highest BCUT2D eigenvalue weighted by Crippen LogP contribution is 2.21. The van der Waals surface area contributed by atoms with Gasteiger partial charge in [-0.3, -0.25) is 0 Å². The van der Waals surface area contributed by atoms with Gasteiger partial charge in [0, 0.05) is 0 Å². The van der Waals surface area contributed by atoms with E-state index in [9.17, 15) is 13.2 Å². The molecule has 0 spiro atoms. The fourth-order valence-corrected chi connectivity index (χ4v) is 2.65. The maximum absolute atomic E-state index is 12.0. The fraction of sp³-hybridized carbons (Fsp3) is 0.188. The molecular formula is C16H16ClNO5S. The Labute approximate surface area is 145 Å². The molecule has 2 aromatic carbocycles. The number of carbonyl (C=O) groups is 1. The molecule has 24 heavy (non-hydrogen) atoms. The van der Waals surface area contributed by atoms with Crippen LogP contribution in [-0.4, -0.2) is 27.6 Å². The molecule has 6 nitrogen and oxygen atoms in total. The van der Waals surface area contributed by atoms with Crippen LogP contribution < -0.4 is 9.88 Å². The van der Waals surface area contributed by atoms with E-state index in [0.717, 1.165) is 11.6 Å². The van der Waals surface area contributed by atoms with E-state index in [-0.39, 0.29) is 28.7 Å². The summed E-state index contributed by atoms with van der Waals surface area (Å²) >= 11 is 5.90. The van der Waals surface area contributed by atoms with E-state index in [4.69, 9.17) is 26.2 Å². The number of halogens is 1. The van der Waals surface area contributed by atoms with Crippen molar-refractivity contribution in [2.24, 2.45) is 5.14 Å². The molecule has 0 radical (unpaired) electrons. The zero-order valence-electron chi connectivity index (χ0n) is 12.9. The number of sulfonamides is 1. The Balaban J connectivity index is 1.95. The SMILES string of the molecule is Cc1cccc(OCCOC(=O)c2cc(S(N)(=O)=O)ccc2Cl)c1. The van der Waals surface area contributed by atoms with Crippen molar-refractivity contribution in [2.75, 3.05) is 13.2 Å². The number of nitrogens with two attached hydrogens (primary N) is 1. The summed E-state index contributed by atoms with van der Waals surface area (Å²) < 4.78 is 33.2. The van der Waals surface area contributed by atoms with Gasteiger partial charge in [-0.25, -0.2) is 18.4 Å². The molecule has 128 valence electrons. The summed E-state index contributed by atoms with van der Waals surface area (Å²) in [5, 5.41) is 5.11. The molecule has 0 amide bonds. The van der Waals surface area contributed by atoms with Crippen molar-refractivity contribution in [1.29, 1.82) is 0 Å². The lowest BCUT2D eigenvalue weighted by Crippen LogP contribution is -2.15. The number of esters is 1. The Morgan fingerprint density at radius 3 is 2.58 bits per heavy atom. The predicted octanol–water partition coefficient (Wildman–Crippen LogP) is 2.53. The second kappa shape index (κ2) is 7.65. The quantitative estimate of drug-likeness (QED) is 0.623. The molecule has 0 unspecified atom stereocenters. The standard InChI is InChI=1S/C16H16ClNO5S/c1-11-3-2-4-12(9-11)22-7-8-23-16(19)14-10-13(24(18,20)21)5-6-15(14)17/h2-6,9-10H,7-8H2,1H3,(H2,18,20,21). The average molecular weight is 370 g/mol. The predicted molar refractivity (Wildman–Crippen MR) is 89.8 cm³/mol. The van der Waals surface area contributed by atoms with E-state index in [1.807, 2.05) is 25.1 Å². The topological polar surface area (TPSA) is 95.7 Å². The van der Waals surface area contributed by atoms with E-state index in [0.29, 0.717) is 5.75 Å².